The predicted octanol–water partition coefficient (Wildman–Crippen LogP) is 0.284. The van der Waals surface area contributed by atoms with Crippen LogP contribution in [0.25, 0.3) is 0 Å². The zero-order valence-electron chi connectivity index (χ0n) is 8.55. The van der Waals surface area contributed by atoms with Crippen molar-refractivity contribution in [2.24, 2.45) is 0 Å². The molecule has 0 spiro atoms. The van der Waals surface area contributed by atoms with Crippen LogP contribution in [0.5, 0.6) is 0 Å². The molecule has 0 saturated heterocycles. The molecule has 0 fully saturated rings. The highest BCUT2D eigenvalue weighted by molar-refractivity contribution is 5.37. The molecule has 2 rings (SSSR count). The summed E-state index contributed by atoms with van der Waals surface area (Å²) in [6, 6.07) is 3.74. The molecule has 0 unspecified atom stereocenters. The van der Waals surface area contributed by atoms with Gasteiger partial charge in [0.1, 0.15) is 5.76 Å². The summed E-state index contributed by atoms with van der Waals surface area (Å²) in [4.78, 5) is 11.4. The van der Waals surface area contributed by atoms with E-state index in [1.54, 1.807) is 6.26 Å². The molecule has 0 amide bonds. The van der Waals surface area contributed by atoms with E-state index in [1.165, 1.54) is 0 Å². The normalized spacial score (nSPS) is 10.2. The molecule has 7 heteroatoms. The van der Waals surface area contributed by atoms with Gasteiger partial charge < -0.3 is 21.2 Å². The maximum atomic E-state index is 5.43. The minimum absolute atomic E-state index is 0.105. The lowest BCUT2D eigenvalue weighted by atomic mass is 10.3. The lowest BCUT2D eigenvalue weighted by Crippen LogP contribution is -2.11. The van der Waals surface area contributed by atoms with Crippen molar-refractivity contribution in [1.29, 1.82) is 0 Å². The fourth-order valence-corrected chi connectivity index (χ4v) is 1.24. The molecule has 0 aliphatic carbocycles. The molecule has 0 radical (unpaired) electrons. The molecule has 2 heterocycles. The molecule has 0 atom stereocenters. The van der Waals surface area contributed by atoms with Crippen LogP contribution in [0.3, 0.4) is 0 Å². The number of rotatable bonds is 4. The van der Waals surface area contributed by atoms with Gasteiger partial charge in [-0.1, -0.05) is 0 Å². The summed E-state index contributed by atoms with van der Waals surface area (Å²) in [6.07, 6.45) is 2.37. The molecular weight excluding hydrogens is 208 g/mol. The van der Waals surface area contributed by atoms with Crippen molar-refractivity contribution < 1.29 is 4.42 Å². The van der Waals surface area contributed by atoms with E-state index in [0.29, 0.717) is 12.5 Å². The third-order valence-electron chi connectivity index (χ3n) is 1.90. The number of anilines is 3. The Morgan fingerprint density at radius 2 is 1.94 bits per heavy atom. The number of furan rings is 1. The maximum absolute atomic E-state index is 5.43. The second kappa shape index (κ2) is 4.47. The third kappa shape index (κ3) is 2.59. The highest BCUT2D eigenvalue weighted by Gasteiger charge is 2.01. The summed E-state index contributed by atoms with van der Waals surface area (Å²) in [5.74, 6) is 1.47. The molecule has 0 saturated carbocycles. The van der Waals surface area contributed by atoms with Gasteiger partial charge in [-0.05, 0) is 12.1 Å². The summed E-state index contributed by atoms with van der Waals surface area (Å²) in [7, 11) is 0. The van der Waals surface area contributed by atoms with Crippen molar-refractivity contribution in [3.8, 4) is 0 Å². The van der Waals surface area contributed by atoms with Gasteiger partial charge >= 0.3 is 0 Å². The number of nitrogen functional groups attached to an aromatic ring is 2. The summed E-state index contributed by atoms with van der Waals surface area (Å²) in [6.45, 7) is 0.635. The SMILES string of the molecule is Nc1nc(N)nc(NCCc2ccco2)n1. The smallest absolute Gasteiger partial charge is 0.229 e. The first-order valence-electron chi connectivity index (χ1n) is 4.77. The Kier molecular flexibility index (Phi) is 2.86. The van der Waals surface area contributed by atoms with Crippen LogP contribution in [-0.2, 0) is 6.42 Å². The van der Waals surface area contributed by atoms with Crippen LogP contribution < -0.4 is 16.8 Å². The number of nitrogens with zero attached hydrogens (tertiary/aromatic N) is 3. The number of aromatic nitrogens is 3. The van der Waals surface area contributed by atoms with Crippen LogP contribution in [0.15, 0.2) is 22.8 Å². The lowest BCUT2D eigenvalue weighted by molar-refractivity contribution is 0.512. The number of hydrogen-bond donors (Lipinski definition) is 3. The van der Waals surface area contributed by atoms with E-state index in [0.717, 1.165) is 12.2 Å². The average molecular weight is 220 g/mol. The molecule has 5 N–H and O–H groups in total. The minimum Gasteiger partial charge on any atom is -0.469 e. The van der Waals surface area contributed by atoms with Gasteiger partial charge in [0.2, 0.25) is 17.8 Å². The van der Waals surface area contributed by atoms with Gasteiger partial charge in [-0.3, -0.25) is 0 Å². The van der Waals surface area contributed by atoms with Gasteiger partial charge in [0, 0.05) is 13.0 Å². The van der Waals surface area contributed by atoms with Crippen molar-refractivity contribution in [2.75, 3.05) is 23.3 Å². The number of nitrogens with one attached hydrogen (secondary N) is 1. The molecular formula is C9H12N6O. The summed E-state index contributed by atoms with van der Waals surface area (Å²) >= 11 is 0. The molecule has 0 aromatic carbocycles. The molecule has 0 aliphatic rings. The van der Waals surface area contributed by atoms with Crippen molar-refractivity contribution >= 4 is 17.8 Å². The fourth-order valence-electron chi connectivity index (χ4n) is 1.24. The number of nitrogens with two attached hydrogens (primary N) is 2. The predicted molar refractivity (Wildman–Crippen MR) is 59.6 cm³/mol. The van der Waals surface area contributed by atoms with E-state index in [2.05, 4.69) is 20.3 Å². The van der Waals surface area contributed by atoms with Gasteiger partial charge in [-0.25, -0.2) is 0 Å². The summed E-state index contributed by atoms with van der Waals surface area (Å²) in [5.41, 5.74) is 10.9. The zero-order chi connectivity index (χ0) is 11.4. The van der Waals surface area contributed by atoms with Crippen LogP contribution in [0.2, 0.25) is 0 Å². The molecule has 7 nitrogen and oxygen atoms in total. The highest BCUT2D eigenvalue weighted by atomic mass is 16.3. The second-order valence-corrected chi connectivity index (χ2v) is 3.13. The van der Waals surface area contributed by atoms with Crippen LogP contribution in [0, 0.1) is 0 Å². The molecule has 0 bridgehead atoms. The monoisotopic (exact) mass is 220 g/mol. The highest BCUT2D eigenvalue weighted by Crippen LogP contribution is 2.05. The van der Waals surface area contributed by atoms with Gasteiger partial charge in [0.25, 0.3) is 0 Å². The van der Waals surface area contributed by atoms with Gasteiger partial charge in [0.15, 0.2) is 0 Å². The Labute approximate surface area is 91.9 Å². The van der Waals surface area contributed by atoms with Crippen molar-refractivity contribution in [3.63, 3.8) is 0 Å². The Morgan fingerprint density at radius 1 is 1.19 bits per heavy atom. The summed E-state index contributed by atoms with van der Waals surface area (Å²) < 4.78 is 5.18. The largest absolute Gasteiger partial charge is 0.469 e. The molecule has 16 heavy (non-hydrogen) atoms. The van der Waals surface area contributed by atoms with Crippen molar-refractivity contribution in [2.45, 2.75) is 6.42 Å². The van der Waals surface area contributed by atoms with Crippen LogP contribution in [0.1, 0.15) is 5.76 Å². The third-order valence-corrected chi connectivity index (χ3v) is 1.90. The first-order valence-corrected chi connectivity index (χ1v) is 4.77. The molecule has 2 aromatic rings. The Morgan fingerprint density at radius 3 is 2.56 bits per heavy atom. The van der Waals surface area contributed by atoms with Crippen molar-refractivity contribution in [1.82, 2.24) is 15.0 Å². The first-order chi connectivity index (χ1) is 7.74. The topological polar surface area (TPSA) is 116 Å². The van der Waals surface area contributed by atoms with Gasteiger partial charge in [-0.15, -0.1) is 0 Å². The minimum atomic E-state index is 0.105. The van der Waals surface area contributed by atoms with Crippen LogP contribution in [-0.4, -0.2) is 21.5 Å². The molecule has 2 aromatic heterocycles. The Bertz CT molecular complexity index is 435. The molecule has 0 aliphatic heterocycles. The quantitative estimate of drug-likeness (QED) is 0.677. The Hall–Kier alpha value is -2.31. The number of hydrogen-bond acceptors (Lipinski definition) is 7. The standard InChI is InChI=1S/C9H12N6O/c10-7-13-8(11)15-9(14-7)12-4-3-6-2-1-5-16-6/h1-2,5H,3-4H2,(H5,10,11,12,13,14,15). The molecule has 84 valence electrons. The van der Waals surface area contributed by atoms with E-state index in [1.807, 2.05) is 12.1 Å². The van der Waals surface area contributed by atoms with E-state index >= 15 is 0 Å². The summed E-state index contributed by atoms with van der Waals surface area (Å²) in [5, 5.41) is 2.98. The first kappa shape index (κ1) is 10.2. The van der Waals surface area contributed by atoms with E-state index in [9.17, 15) is 0 Å². The van der Waals surface area contributed by atoms with E-state index in [-0.39, 0.29) is 11.9 Å². The maximum Gasteiger partial charge on any atom is 0.229 e. The van der Waals surface area contributed by atoms with Gasteiger partial charge in [-0.2, -0.15) is 15.0 Å². The lowest BCUT2D eigenvalue weighted by Gasteiger charge is -2.04. The fraction of sp³-hybridized carbons (Fsp3) is 0.222. The van der Waals surface area contributed by atoms with Crippen molar-refractivity contribution in [3.05, 3.63) is 24.2 Å². The van der Waals surface area contributed by atoms with Crippen LogP contribution >= 0.6 is 0 Å². The second-order valence-electron chi connectivity index (χ2n) is 3.13. The van der Waals surface area contributed by atoms with E-state index in [4.69, 9.17) is 15.9 Å². The van der Waals surface area contributed by atoms with E-state index < -0.39 is 0 Å². The van der Waals surface area contributed by atoms with Crippen LogP contribution in [0.4, 0.5) is 17.8 Å². The van der Waals surface area contributed by atoms with Gasteiger partial charge in [0.05, 0.1) is 6.26 Å². The Balaban J connectivity index is 1.89. The zero-order valence-corrected chi connectivity index (χ0v) is 8.55. The average Bonchev–Trinajstić information content (AvgIpc) is 2.69.